The van der Waals surface area contributed by atoms with Gasteiger partial charge < -0.3 is 5.32 Å². The van der Waals surface area contributed by atoms with Crippen molar-refractivity contribution in [2.45, 2.75) is 46.5 Å². The zero-order valence-corrected chi connectivity index (χ0v) is 11.1. The highest BCUT2D eigenvalue weighted by molar-refractivity contribution is 9.09. The SMILES string of the molecule is CC(C)(C)CC(=O)NCCCCCBr. The molecule has 0 aromatic heterocycles. The molecule has 0 fully saturated rings. The zero-order valence-electron chi connectivity index (χ0n) is 9.53. The maximum atomic E-state index is 11.4. The van der Waals surface area contributed by atoms with Crippen LogP contribution >= 0.6 is 15.9 Å². The molecule has 2 nitrogen and oxygen atoms in total. The van der Waals surface area contributed by atoms with Crippen LogP contribution in [0.5, 0.6) is 0 Å². The summed E-state index contributed by atoms with van der Waals surface area (Å²) in [5.74, 6) is 0.177. The highest BCUT2D eigenvalue weighted by Crippen LogP contribution is 2.17. The summed E-state index contributed by atoms with van der Waals surface area (Å²) < 4.78 is 0. The Kier molecular flexibility index (Phi) is 7.24. The van der Waals surface area contributed by atoms with Crippen molar-refractivity contribution in [1.82, 2.24) is 5.32 Å². The van der Waals surface area contributed by atoms with Gasteiger partial charge in [-0.05, 0) is 18.3 Å². The maximum Gasteiger partial charge on any atom is 0.220 e. The lowest BCUT2D eigenvalue weighted by atomic mass is 9.92. The van der Waals surface area contributed by atoms with Crippen molar-refractivity contribution in [2.24, 2.45) is 5.41 Å². The number of hydrogen-bond donors (Lipinski definition) is 1. The molecule has 0 rings (SSSR count). The summed E-state index contributed by atoms with van der Waals surface area (Å²) in [5, 5.41) is 4.00. The average molecular weight is 264 g/mol. The number of unbranched alkanes of at least 4 members (excludes halogenated alkanes) is 2. The van der Waals surface area contributed by atoms with E-state index in [4.69, 9.17) is 0 Å². The highest BCUT2D eigenvalue weighted by atomic mass is 79.9. The lowest BCUT2D eigenvalue weighted by Gasteiger charge is -2.17. The molecule has 0 aromatic rings. The average Bonchev–Trinajstić information content (AvgIpc) is 2.00. The number of hydrogen-bond acceptors (Lipinski definition) is 1. The van der Waals surface area contributed by atoms with Gasteiger partial charge in [0.25, 0.3) is 0 Å². The van der Waals surface area contributed by atoms with Gasteiger partial charge in [-0.2, -0.15) is 0 Å². The third-order valence-corrected chi connectivity index (χ3v) is 2.38. The lowest BCUT2D eigenvalue weighted by molar-refractivity contribution is -0.122. The van der Waals surface area contributed by atoms with Crippen LogP contribution in [-0.4, -0.2) is 17.8 Å². The molecule has 0 unspecified atom stereocenters. The first kappa shape index (κ1) is 13.9. The number of carbonyl (C=O) groups is 1. The molecule has 14 heavy (non-hydrogen) atoms. The quantitative estimate of drug-likeness (QED) is 0.579. The van der Waals surface area contributed by atoms with E-state index >= 15 is 0 Å². The van der Waals surface area contributed by atoms with Gasteiger partial charge in [0.15, 0.2) is 0 Å². The molecule has 84 valence electrons. The number of halogens is 1. The van der Waals surface area contributed by atoms with E-state index in [1.807, 2.05) is 0 Å². The summed E-state index contributed by atoms with van der Waals surface area (Å²) in [6.07, 6.45) is 4.07. The fourth-order valence-electron chi connectivity index (χ4n) is 1.17. The van der Waals surface area contributed by atoms with Crippen LogP contribution in [0.4, 0.5) is 0 Å². The molecular weight excluding hydrogens is 242 g/mol. The fourth-order valence-corrected chi connectivity index (χ4v) is 1.56. The van der Waals surface area contributed by atoms with Crippen molar-refractivity contribution in [2.75, 3.05) is 11.9 Å². The number of nitrogens with one attached hydrogen (secondary N) is 1. The summed E-state index contributed by atoms with van der Waals surface area (Å²) in [6, 6.07) is 0. The monoisotopic (exact) mass is 263 g/mol. The molecule has 0 aliphatic carbocycles. The third kappa shape index (κ3) is 10.0. The van der Waals surface area contributed by atoms with E-state index in [1.54, 1.807) is 0 Å². The topological polar surface area (TPSA) is 29.1 Å². The Bertz CT molecular complexity index is 163. The van der Waals surface area contributed by atoms with Crippen LogP contribution in [0, 0.1) is 5.41 Å². The van der Waals surface area contributed by atoms with Gasteiger partial charge >= 0.3 is 0 Å². The number of rotatable bonds is 6. The van der Waals surface area contributed by atoms with Crippen LogP contribution < -0.4 is 5.32 Å². The van der Waals surface area contributed by atoms with Crippen LogP contribution in [0.1, 0.15) is 46.5 Å². The Hall–Kier alpha value is -0.0500. The molecule has 0 aromatic carbocycles. The van der Waals surface area contributed by atoms with Gasteiger partial charge in [-0.15, -0.1) is 0 Å². The van der Waals surface area contributed by atoms with Crippen LogP contribution in [0.15, 0.2) is 0 Å². The van der Waals surface area contributed by atoms with Crippen LogP contribution in [-0.2, 0) is 4.79 Å². The van der Waals surface area contributed by atoms with Gasteiger partial charge in [0.2, 0.25) is 5.91 Å². The predicted octanol–water partition coefficient (Wildman–Crippen LogP) is 3.10. The summed E-state index contributed by atoms with van der Waals surface area (Å²) in [7, 11) is 0. The van der Waals surface area contributed by atoms with E-state index in [2.05, 4.69) is 42.0 Å². The molecule has 3 heteroatoms. The Morgan fingerprint density at radius 1 is 1.21 bits per heavy atom. The largest absolute Gasteiger partial charge is 0.356 e. The normalized spacial score (nSPS) is 11.4. The predicted molar refractivity (Wildman–Crippen MR) is 64.7 cm³/mol. The molecule has 0 aliphatic rings. The Labute approximate surface area is 96.0 Å². The van der Waals surface area contributed by atoms with Gasteiger partial charge in [-0.1, -0.05) is 43.1 Å². The van der Waals surface area contributed by atoms with Gasteiger partial charge in [0.1, 0.15) is 0 Å². The summed E-state index contributed by atoms with van der Waals surface area (Å²) in [4.78, 5) is 11.4. The molecule has 0 saturated heterocycles. The number of carbonyl (C=O) groups excluding carboxylic acids is 1. The zero-order chi connectivity index (χ0) is 11.0. The fraction of sp³-hybridized carbons (Fsp3) is 0.909. The van der Waals surface area contributed by atoms with Gasteiger partial charge in [0, 0.05) is 18.3 Å². The molecule has 1 N–H and O–H groups in total. The highest BCUT2D eigenvalue weighted by Gasteiger charge is 2.14. The standard InChI is InChI=1S/C11H22BrNO/c1-11(2,3)9-10(14)13-8-6-4-5-7-12/h4-9H2,1-3H3,(H,13,14). The molecule has 0 atom stereocenters. The van der Waals surface area contributed by atoms with Crippen molar-refractivity contribution < 1.29 is 4.79 Å². The minimum Gasteiger partial charge on any atom is -0.356 e. The van der Waals surface area contributed by atoms with E-state index in [-0.39, 0.29) is 11.3 Å². The summed E-state index contributed by atoms with van der Waals surface area (Å²) in [6.45, 7) is 7.06. The van der Waals surface area contributed by atoms with Crippen molar-refractivity contribution in [3.05, 3.63) is 0 Å². The molecule has 0 spiro atoms. The van der Waals surface area contributed by atoms with E-state index in [1.165, 1.54) is 12.8 Å². The smallest absolute Gasteiger partial charge is 0.220 e. The molecule has 0 bridgehead atoms. The van der Waals surface area contributed by atoms with E-state index in [0.717, 1.165) is 18.3 Å². The van der Waals surface area contributed by atoms with E-state index in [0.29, 0.717) is 6.42 Å². The lowest BCUT2D eigenvalue weighted by Crippen LogP contribution is -2.28. The maximum absolute atomic E-state index is 11.4. The van der Waals surface area contributed by atoms with Crippen molar-refractivity contribution in [1.29, 1.82) is 0 Å². The minimum atomic E-state index is 0.0972. The second kappa shape index (κ2) is 7.27. The summed E-state index contributed by atoms with van der Waals surface area (Å²) in [5.41, 5.74) is 0.0972. The second-order valence-electron chi connectivity index (χ2n) is 4.84. The number of amides is 1. The molecule has 0 heterocycles. The first-order valence-electron chi connectivity index (χ1n) is 5.28. The van der Waals surface area contributed by atoms with Crippen LogP contribution in [0.2, 0.25) is 0 Å². The van der Waals surface area contributed by atoms with E-state index < -0.39 is 0 Å². The Morgan fingerprint density at radius 3 is 2.36 bits per heavy atom. The Balaban J connectivity index is 3.36. The molecule has 0 saturated carbocycles. The Morgan fingerprint density at radius 2 is 1.86 bits per heavy atom. The molecule has 0 aliphatic heterocycles. The second-order valence-corrected chi connectivity index (χ2v) is 5.63. The number of alkyl halides is 1. The van der Waals surface area contributed by atoms with Crippen molar-refractivity contribution in [3.8, 4) is 0 Å². The van der Waals surface area contributed by atoms with Crippen molar-refractivity contribution in [3.63, 3.8) is 0 Å². The van der Waals surface area contributed by atoms with Crippen LogP contribution in [0.25, 0.3) is 0 Å². The van der Waals surface area contributed by atoms with Gasteiger partial charge in [-0.25, -0.2) is 0 Å². The molecule has 0 radical (unpaired) electrons. The molecule has 1 amide bonds. The van der Waals surface area contributed by atoms with Gasteiger partial charge in [-0.3, -0.25) is 4.79 Å². The first-order chi connectivity index (χ1) is 6.45. The van der Waals surface area contributed by atoms with Crippen LogP contribution in [0.3, 0.4) is 0 Å². The summed E-state index contributed by atoms with van der Waals surface area (Å²) >= 11 is 3.38. The minimum absolute atomic E-state index is 0.0972. The van der Waals surface area contributed by atoms with E-state index in [9.17, 15) is 4.79 Å². The van der Waals surface area contributed by atoms with Gasteiger partial charge in [0.05, 0.1) is 0 Å². The third-order valence-electron chi connectivity index (χ3n) is 1.82. The first-order valence-corrected chi connectivity index (χ1v) is 6.40. The van der Waals surface area contributed by atoms with Crippen molar-refractivity contribution >= 4 is 21.8 Å². The molecular formula is C11H22BrNO.